The molecule has 2 aliphatic rings. The number of aromatic nitrogens is 8. The lowest BCUT2D eigenvalue weighted by atomic mass is 9.90. The highest BCUT2D eigenvalue weighted by Crippen LogP contribution is 2.40. The number of fused-ring (bicyclic) bond motifs is 3. The smallest absolute Gasteiger partial charge is 0.451 e. The molecule has 16 heteroatoms. The van der Waals surface area contributed by atoms with Crippen LogP contribution < -0.4 is 15.8 Å². The van der Waals surface area contributed by atoms with Crippen molar-refractivity contribution in [2.45, 2.75) is 57.0 Å². The highest BCUT2D eigenvalue weighted by molar-refractivity contribution is 6.07. The van der Waals surface area contributed by atoms with Crippen molar-refractivity contribution < 1.29 is 22.7 Å². The van der Waals surface area contributed by atoms with Crippen LogP contribution in [-0.4, -0.2) is 69.6 Å². The normalized spacial score (nSPS) is 18.4. The minimum atomic E-state index is -4.52. The number of nitrogen functional groups attached to an aromatic ring is 1. The number of para-hydroxylation sites is 1. The minimum absolute atomic E-state index is 0.0309. The van der Waals surface area contributed by atoms with Crippen molar-refractivity contribution in [1.29, 1.82) is 0 Å². The topological polar surface area (TPSA) is 147 Å². The van der Waals surface area contributed by atoms with Gasteiger partial charge in [0.25, 0.3) is 5.91 Å². The Kier molecular flexibility index (Phi) is 7.69. The lowest BCUT2D eigenvalue weighted by molar-refractivity contribution is -0.148. The molecular formula is C34H34F3N11O2. The Morgan fingerprint density at radius 2 is 1.78 bits per heavy atom. The third-order valence-corrected chi connectivity index (χ3v) is 9.99. The molecule has 1 aliphatic carbocycles. The highest BCUT2D eigenvalue weighted by atomic mass is 19.4. The van der Waals surface area contributed by atoms with Crippen LogP contribution in [0.15, 0.2) is 54.9 Å². The first-order valence-corrected chi connectivity index (χ1v) is 16.4. The molecule has 0 spiro atoms. The van der Waals surface area contributed by atoms with Gasteiger partial charge >= 0.3 is 6.18 Å². The molecule has 1 aliphatic heterocycles. The first-order valence-electron chi connectivity index (χ1n) is 16.4. The van der Waals surface area contributed by atoms with Gasteiger partial charge in [-0.1, -0.05) is 24.3 Å². The summed E-state index contributed by atoms with van der Waals surface area (Å²) in [6, 6.07) is 15.3. The largest absolute Gasteiger partial charge is 0.495 e. The molecule has 2 aromatic carbocycles. The number of hydrogen-bond donors (Lipinski definition) is 2. The van der Waals surface area contributed by atoms with Crippen LogP contribution >= 0.6 is 0 Å². The van der Waals surface area contributed by atoms with E-state index in [1.807, 2.05) is 58.8 Å². The Morgan fingerprint density at radius 1 is 1.00 bits per heavy atom. The fraction of sp³-hybridized carbons (Fsp3) is 0.353. The van der Waals surface area contributed by atoms with Gasteiger partial charge in [-0.3, -0.25) is 9.69 Å². The number of anilines is 2. The molecule has 5 heterocycles. The molecule has 3 N–H and O–H groups in total. The van der Waals surface area contributed by atoms with Crippen molar-refractivity contribution in [2.75, 3.05) is 24.7 Å². The quantitative estimate of drug-likeness (QED) is 0.234. The van der Waals surface area contributed by atoms with Crippen LogP contribution in [0.25, 0.3) is 33.2 Å². The predicted molar refractivity (Wildman–Crippen MR) is 179 cm³/mol. The Bertz CT molecular complexity index is 2250. The highest BCUT2D eigenvalue weighted by Gasteiger charge is 2.40. The fourth-order valence-corrected chi connectivity index (χ4v) is 7.45. The van der Waals surface area contributed by atoms with Gasteiger partial charge in [-0.25, -0.2) is 14.6 Å². The summed E-state index contributed by atoms with van der Waals surface area (Å²) < 4.78 is 50.7. The molecule has 8 rings (SSSR count). The average Bonchev–Trinajstić information content (AvgIpc) is 3.83. The first kappa shape index (κ1) is 31.7. The maximum absolute atomic E-state index is 13.4. The van der Waals surface area contributed by atoms with Crippen molar-refractivity contribution in [3.8, 4) is 17.0 Å². The van der Waals surface area contributed by atoms with E-state index in [1.54, 1.807) is 13.2 Å². The number of nitrogens with zero attached hydrogens (tertiary/aromatic N) is 9. The minimum Gasteiger partial charge on any atom is -0.495 e. The number of methoxy groups -OCH3 is 1. The maximum Gasteiger partial charge on any atom is 0.451 e. The number of ether oxygens (including phenoxy) is 1. The van der Waals surface area contributed by atoms with E-state index in [2.05, 4.69) is 30.4 Å². The summed E-state index contributed by atoms with van der Waals surface area (Å²) in [7, 11) is 3.40. The van der Waals surface area contributed by atoms with Crippen LogP contribution in [0.3, 0.4) is 0 Å². The second-order valence-electron chi connectivity index (χ2n) is 12.8. The van der Waals surface area contributed by atoms with Gasteiger partial charge in [0, 0.05) is 42.6 Å². The Morgan fingerprint density at radius 3 is 2.54 bits per heavy atom. The molecule has 0 saturated heterocycles. The molecule has 1 saturated carbocycles. The Labute approximate surface area is 283 Å². The second-order valence-corrected chi connectivity index (χ2v) is 12.8. The van der Waals surface area contributed by atoms with E-state index >= 15 is 0 Å². The zero-order chi connectivity index (χ0) is 34.7. The molecule has 4 aromatic heterocycles. The van der Waals surface area contributed by atoms with Crippen molar-refractivity contribution in [1.82, 2.24) is 44.0 Å². The number of carbonyl (C=O) groups is 1. The fourth-order valence-electron chi connectivity index (χ4n) is 7.45. The molecule has 1 amide bonds. The van der Waals surface area contributed by atoms with Crippen molar-refractivity contribution in [3.63, 3.8) is 0 Å². The van der Waals surface area contributed by atoms with Crippen LogP contribution in [0.1, 0.15) is 53.9 Å². The van der Waals surface area contributed by atoms with Crippen LogP contribution in [-0.2, 0) is 26.3 Å². The molecule has 258 valence electrons. The van der Waals surface area contributed by atoms with E-state index in [9.17, 15) is 18.0 Å². The second kappa shape index (κ2) is 12.1. The van der Waals surface area contributed by atoms with Gasteiger partial charge in [0.15, 0.2) is 5.65 Å². The molecule has 50 heavy (non-hydrogen) atoms. The standard InChI is InChI=1S/C34H34F3N11O2/c1-45-24-6-4-3-5-19(24)15-25(45)32(49)41-23-12-7-20(16-26(23)50-2)29-28-30(38)39-18-40-31(28)48(44-29)22-10-8-21(9-11-22)46-13-14-47-27(17-46)42-43-33(47)34(35,36)37/h3-7,12,15-16,18,21-22H,8-11,13-14,17H2,1-2H3,(H,41,49)(H2,38,39,40). The summed E-state index contributed by atoms with van der Waals surface area (Å²) in [5.74, 6) is -0.109. The molecule has 0 unspecified atom stereocenters. The Balaban J connectivity index is 1.02. The lowest BCUT2D eigenvalue weighted by Gasteiger charge is -2.38. The molecule has 13 nitrogen and oxygen atoms in total. The number of alkyl halides is 3. The van der Waals surface area contributed by atoms with E-state index in [0.717, 1.165) is 42.1 Å². The van der Waals surface area contributed by atoms with E-state index in [0.29, 0.717) is 58.6 Å². The molecule has 1 fully saturated rings. The molecule has 0 atom stereocenters. The van der Waals surface area contributed by atoms with Crippen LogP contribution in [0.5, 0.6) is 5.75 Å². The number of carbonyl (C=O) groups excluding carboxylic acids is 1. The third-order valence-electron chi connectivity index (χ3n) is 9.99. The van der Waals surface area contributed by atoms with Crippen molar-refractivity contribution >= 4 is 39.3 Å². The van der Waals surface area contributed by atoms with Gasteiger partial charge < -0.3 is 24.9 Å². The summed E-state index contributed by atoms with van der Waals surface area (Å²) >= 11 is 0. The molecule has 0 bridgehead atoms. The van der Waals surface area contributed by atoms with Gasteiger partial charge in [-0.15, -0.1) is 10.2 Å². The van der Waals surface area contributed by atoms with Crippen molar-refractivity contribution in [2.24, 2.45) is 7.05 Å². The monoisotopic (exact) mass is 685 g/mol. The van der Waals surface area contributed by atoms with E-state index in [1.165, 1.54) is 10.9 Å². The maximum atomic E-state index is 13.4. The molecule has 6 aromatic rings. The molecule has 0 radical (unpaired) electrons. The number of hydrogen-bond acceptors (Lipinski definition) is 9. The van der Waals surface area contributed by atoms with Gasteiger partial charge in [0.2, 0.25) is 5.82 Å². The number of nitrogens with two attached hydrogens (primary N) is 1. The van der Waals surface area contributed by atoms with Gasteiger partial charge in [-0.05, 0) is 49.9 Å². The number of rotatable bonds is 6. The van der Waals surface area contributed by atoms with E-state index < -0.39 is 12.0 Å². The SMILES string of the molecule is COc1cc(-c2nn(C3CCC(N4CCn5c(nnc5C(F)(F)F)C4)CC3)c3ncnc(N)c23)ccc1NC(=O)c1cc2ccccc2n1C. The summed E-state index contributed by atoms with van der Waals surface area (Å²) in [6.45, 7) is 1.04. The summed E-state index contributed by atoms with van der Waals surface area (Å²) in [6.07, 6.45) is 0.165. The van der Waals surface area contributed by atoms with Gasteiger partial charge in [0.1, 0.15) is 35.1 Å². The van der Waals surface area contributed by atoms with Crippen molar-refractivity contribution in [3.05, 3.63) is 72.2 Å². The van der Waals surface area contributed by atoms with E-state index in [4.69, 9.17) is 15.6 Å². The molecular weight excluding hydrogens is 651 g/mol. The number of amides is 1. The summed E-state index contributed by atoms with van der Waals surface area (Å²) in [5.41, 5.74) is 10.3. The van der Waals surface area contributed by atoms with Crippen LogP contribution in [0.4, 0.5) is 24.7 Å². The van der Waals surface area contributed by atoms with Gasteiger partial charge in [0.05, 0.1) is 30.8 Å². The van der Waals surface area contributed by atoms with Crippen LogP contribution in [0, 0.1) is 0 Å². The first-order chi connectivity index (χ1) is 24.1. The zero-order valence-electron chi connectivity index (χ0n) is 27.4. The summed E-state index contributed by atoms with van der Waals surface area (Å²) in [5, 5.41) is 16.9. The third kappa shape index (κ3) is 5.39. The lowest BCUT2D eigenvalue weighted by Crippen LogP contribution is -2.43. The zero-order valence-corrected chi connectivity index (χ0v) is 27.4. The number of aryl methyl sites for hydroxylation is 1. The van der Waals surface area contributed by atoms with E-state index in [-0.39, 0.29) is 24.5 Å². The average molecular weight is 686 g/mol. The number of halogens is 3. The predicted octanol–water partition coefficient (Wildman–Crippen LogP) is 5.44. The Hall–Kier alpha value is -5.51. The number of nitrogens with one attached hydrogen (secondary N) is 1. The van der Waals surface area contributed by atoms with Gasteiger partial charge in [-0.2, -0.15) is 18.3 Å². The van der Waals surface area contributed by atoms with Crippen LogP contribution in [0.2, 0.25) is 0 Å². The number of benzene rings is 2. The summed E-state index contributed by atoms with van der Waals surface area (Å²) in [4.78, 5) is 24.4.